The summed E-state index contributed by atoms with van der Waals surface area (Å²) in [6.45, 7) is 7.87. The molecule has 0 bridgehead atoms. The van der Waals surface area contributed by atoms with E-state index in [4.69, 9.17) is 10.5 Å². The molecule has 100 valence electrons. The van der Waals surface area contributed by atoms with Gasteiger partial charge in [-0.25, -0.2) is 4.98 Å². The molecule has 1 aromatic heterocycles. The summed E-state index contributed by atoms with van der Waals surface area (Å²) in [5, 5.41) is 0. The second kappa shape index (κ2) is 5.27. The molecule has 2 N–H and O–H groups in total. The monoisotopic (exact) mass is 248 g/mol. The number of nitrogens with zero attached hydrogens (tertiary/aromatic N) is 1. The molecule has 0 saturated carbocycles. The largest absolute Gasteiger partial charge is 0.477 e. The van der Waals surface area contributed by atoms with Crippen LogP contribution in [0.3, 0.4) is 0 Å². The maximum absolute atomic E-state index is 5.84. The van der Waals surface area contributed by atoms with Crippen LogP contribution in [-0.2, 0) is 19.4 Å². The molecule has 0 unspecified atom stereocenters. The van der Waals surface area contributed by atoms with Gasteiger partial charge < -0.3 is 10.5 Å². The van der Waals surface area contributed by atoms with Crippen molar-refractivity contribution < 1.29 is 4.74 Å². The van der Waals surface area contributed by atoms with E-state index in [-0.39, 0.29) is 0 Å². The van der Waals surface area contributed by atoms with Gasteiger partial charge in [0.15, 0.2) is 0 Å². The molecule has 3 nitrogen and oxygen atoms in total. The summed E-state index contributed by atoms with van der Waals surface area (Å²) in [5.74, 6) is 0.752. The Labute approximate surface area is 110 Å². The van der Waals surface area contributed by atoms with E-state index in [1.165, 1.54) is 17.7 Å². The third kappa shape index (κ3) is 3.22. The Morgan fingerprint density at radius 1 is 1.33 bits per heavy atom. The van der Waals surface area contributed by atoms with E-state index in [9.17, 15) is 0 Å². The lowest BCUT2D eigenvalue weighted by Gasteiger charge is -2.19. The van der Waals surface area contributed by atoms with Gasteiger partial charge in [-0.3, -0.25) is 0 Å². The van der Waals surface area contributed by atoms with E-state index in [0.717, 1.165) is 30.7 Å². The predicted octanol–water partition coefficient (Wildman–Crippen LogP) is 2.84. The van der Waals surface area contributed by atoms with Crippen LogP contribution in [0.15, 0.2) is 6.07 Å². The predicted molar refractivity (Wildman–Crippen MR) is 73.7 cm³/mol. The highest BCUT2D eigenvalue weighted by atomic mass is 16.5. The van der Waals surface area contributed by atoms with E-state index in [0.29, 0.717) is 18.6 Å². The number of pyridine rings is 1. The molecule has 0 fully saturated rings. The summed E-state index contributed by atoms with van der Waals surface area (Å²) in [5.41, 5.74) is 9.69. The van der Waals surface area contributed by atoms with Crippen molar-refractivity contribution in [3.63, 3.8) is 0 Å². The van der Waals surface area contributed by atoms with Crippen LogP contribution in [0.2, 0.25) is 0 Å². The quantitative estimate of drug-likeness (QED) is 0.891. The molecule has 1 heterocycles. The molecule has 3 heteroatoms. The number of ether oxygens (including phenoxy) is 1. The zero-order valence-corrected chi connectivity index (χ0v) is 11.8. The van der Waals surface area contributed by atoms with Crippen molar-refractivity contribution in [2.75, 3.05) is 6.61 Å². The van der Waals surface area contributed by atoms with Crippen molar-refractivity contribution in [3.8, 4) is 5.88 Å². The Bertz CT molecular complexity index is 421. The van der Waals surface area contributed by atoms with Gasteiger partial charge in [0.25, 0.3) is 0 Å². The molecular weight excluding hydrogens is 224 g/mol. The zero-order valence-electron chi connectivity index (χ0n) is 11.8. The van der Waals surface area contributed by atoms with Gasteiger partial charge in [0.2, 0.25) is 5.88 Å². The average Bonchev–Trinajstić information content (AvgIpc) is 2.73. The van der Waals surface area contributed by atoms with Crippen molar-refractivity contribution in [2.45, 2.75) is 53.0 Å². The van der Waals surface area contributed by atoms with Gasteiger partial charge in [0.1, 0.15) is 0 Å². The molecular formula is C15H24N2O. The maximum atomic E-state index is 5.84. The lowest BCUT2D eigenvalue weighted by atomic mass is 9.93. The van der Waals surface area contributed by atoms with Crippen LogP contribution >= 0.6 is 0 Å². The topological polar surface area (TPSA) is 48.1 Å². The zero-order chi connectivity index (χ0) is 13.2. The first-order valence-corrected chi connectivity index (χ1v) is 6.84. The van der Waals surface area contributed by atoms with Crippen LogP contribution in [-0.4, -0.2) is 11.6 Å². The summed E-state index contributed by atoms with van der Waals surface area (Å²) < 4.78 is 5.84. The lowest BCUT2D eigenvalue weighted by molar-refractivity contribution is 0.234. The molecule has 1 aliphatic rings. The first kappa shape index (κ1) is 13.3. The summed E-state index contributed by atoms with van der Waals surface area (Å²) in [7, 11) is 0. The second-order valence-electron chi connectivity index (χ2n) is 6.28. The fourth-order valence-electron chi connectivity index (χ4n) is 2.23. The molecule has 1 aliphatic carbocycles. The molecule has 0 atom stereocenters. The van der Waals surface area contributed by atoms with Gasteiger partial charge in [-0.1, -0.05) is 20.8 Å². The van der Waals surface area contributed by atoms with Crippen LogP contribution in [0.1, 0.15) is 50.4 Å². The number of nitrogens with two attached hydrogens (primary N) is 1. The molecule has 1 aromatic rings. The number of hydrogen-bond donors (Lipinski definition) is 1. The Kier molecular flexibility index (Phi) is 3.91. The van der Waals surface area contributed by atoms with Gasteiger partial charge >= 0.3 is 0 Å². The molecule has 0 radical (unpaired) electrons. The van der Waals surface area contributed by atoms with Gasteiger partial charge in [-0.05, 0) is 42.7 Å². The van der Waals surface area contributed by atoms with Crippen LogP contribution in [0.25, 0.3) is 0 Å². The lowest BCUT2D eigenvalue weighted by Crippen LogP contribution is -2.13. The molecule has 0 saturated heterocycles. The third-order valence-corrected chi connectivity index (χ3v) is 3.40. The summed E-state index contributed by atoms with van der Waals surface area (Å²) >= 11 is 0. The van der Waals surface area contributed by atoms with Crippen LogP contribution in [0.4, 0.5) is 0 Å². The fourth-order valence-corrected chi connectivity index (χ4v) is 2.23. The maximum Gasteiger partial charge on any atom is 0.218 e. The minimum atomic E-state index is 0.291. The minimum absolute atomic E-state index is 0.291. The Morgan fingerprint density at radius 3 is 2.78 bits per heavy atom. The second-order valence-corrected chi connectivity index (χ2v) is 6.28. The van der Waals surface area contributed by atoms with E-state index in [1.807, 2.05) is 0 Å². The van der Waals surface area contributed by atoms with Crippen molar-refractivity contribution in [1.82, 2.24) is 4.98 Å². The standard InChI is InChI=1S/C15H24N2O/c1-15(2,3)7-8-18-14-12(10-16)9-11-5-4-6-13(11)17-14/h9H,4-8,10,16H2,1-3H3. The molecule has 0 aliphatic heterocycles. The minimum Gasteiger partial charge on any atom is -0.477 e. The van der Waals surface area contributed by atoms with Crippen molar-refractivity contribution in [1.29, 1.82) is 0 Å². The van der Waals surface area contributed by atoms with Gasteiger partial charge in [-0.2, -0.15) is 0 Å². The Hall–Kier alpha value is -1.09. The third-order valence-electron chi connectivity index (χ3n) is 3.40. The van der Waals surface area contributed by atoms with Crippen LogP contribution in [0, 0.1) is 5.41 Å². The first-order valence-electron chi connectivity index (χ1n) is 6.84. The number of fused-ring (bicyclic) bond motifs is 1. The van der Waals surface area contributed by atoms with E-state index in [2.05, 4.69) is 31.8 Å². The average molecular weight is 248 g/mol. The highest BCUT2D eigenvalue weighted by Crippen LogP contribution is 2.27. The van der Waals surface area contributed by atoms with E-state index >= 15 is 0 Å². The van der Waals surface area contributed by atoms with Crippen molar-refractivity contribution in [3.05, 3.63) is 22.9 Å². The number of aromatic nitrogens is 1. The number of hydrogen-bond acceptors (Lipinski definition) is 3. The Balaban J connectivity index is 2.07. The van der Waals surface area contributed by atoms with Crippen LogP contribution in [0.5, 0.6) is 5.88 Å². The normalized spacial score (nSPS) is 14.7. The van der Waals surface area contributed by atoms with Gasteiger partial charge in [-0.15, -0.1) is 0 Å². The van der Waals surface area contributed by atoms with Gasteiger partial charge in [0, 0.05) is 17.8 Å². The van der Waals surface area contributed by atoms with Crippen molar-refractivity contribution in [2.24, 2.45) is 11.1 Å². The smallest absolute Gasteiger partial charge is 0.218 e. The molecule has 0 amide bonds. The van der Waals surface area contributed by atoms with E-state index < -0.39 is 0 Å². The van der Waals surface area contributed by atoms with E-state index in [1.54, 1.807) is 0 Å². The summed E-state index contributed by atoms with van der Waals surface area (Å²) in [4.78, 5) is 4.64. The molecule has 0 spiro atoms. The van der Waals surface area contributed by atoms with Gasteiger partial charge in [0.05, 0.1) is 6.61 Å². The highest BCUT2D eigenvalue weighted by molar-refractivity contribution is 5.36. The first-order chi connectivity index (χ1) is 8.49. The summed E-state index contributed by atoms with van der Waals surface area (Å²) in [6, 6.07) is 2.18. The SMILES string of the molecule is CC(C)(C)CCOc1nc2c(cc1CN)CCC2. The van der Waals surface area contributed by atoms with Crippen LogP contribution < -0.4 is 10.5 Å². The molecule has 0 aromatic carbocycles. The fraction of sp³-hybridized carbons (Fsp3) is 0.667. The van der Waals surface area contributed by atoms with Crippen molar-refractivity contribution >= 4 is 0 Å². The number of aryl methyl sites for hydroxylation is 2. The molecule has 2 rings (SSSR count). The summed E-state index contributed by atoms with van der Waals surface area (Å²) in [6.07, 6.45) is 4.45. The molecule has 18 heavy (non-hydrogen) atoms. The Morgan fingerprint density at radius 2 is 2.11 bits per heavy atom. The number of rotatable bonds is 4. The highest BCUT2D eigenvalue weighted by Gasteiger charge is 2.17.